The SMILES string of the molecule is CC1(C)CS(=O)(=O)CC(C2(C)CC2)N1. The van der Waals surface area contributed by atoms with Crippen molar-refractivity contribution in [2.24, 2.45) is 5.41 Å². The summed E-state index contributed by atoms with van der Waals surface area (Å²) in [5, 5.41) is 3.47. The standard InChI is InChI=1S/C10H19NO2S/c1-9(2)7-14(12,13)6-8(11-9)10(3)4-5-10/h8,11H,4-7H2,1-3H3. The van der Waals surface area contributed by atoms with Crippen molar-refractivity contribution in [2.75, 3.05) is 11.5 Å². The maximum atomic E-state index is 11.7. The lowest BCUT2D eigenvalue weighted by molar-refractivity contribution is 0.282. The minimum atomic E-state index is -2.85. The van der Waals surface area contributed by atoms with Crippen LogP contribution in [0.5, 0.6) is 0 Å². The summed E-state index contributed by atoms with van der Waals surface area (Å²) in [6, 6.07) is 0.163. The molecule has 3 nitrogen and oxygen atoms in total. The zero-order valence-corrected chi connectivity index (χ0v) is 9.95. The Hall–Kier alpha value is -0.0900. The lowest BCUT2D eigenvalue weighted by Crippen LogP contribution is -2.60. The molecule has 4 heteroatoms. The predicted octanol–water partition coefficient (Wildman–Crippen LogP) is 0.952. The zero-order valence-electron chi connectivity index (χ0n) is 9.13. The minimum Gasteiger partial charge on any atom is -0.306 e. The second-order valence-corrected chi connectivity index (χ2v) is 7.90. The average molecular weight is 217 g/mol. The van der Waals surface area contributed by atoms with E-state index >= 15 is 0 Å². The third-order valence-electron chi connectivity index (χ3n) is 3.45. The maximum Gasteiger partial charge on any atom is 0.153 e. The Balaban J connectivity index is 2.21. The first-order valence-electron chi connectivity index (χ1n) is 5.21. The van der Waals surface area contributed by atoms with E-state index in [1.165, 1.54) is 0 Å². The molecule has 1 atom stereocenters. The Morgan fingerprint density at radius 2 is 1.79 bits per heavy atom. The van der Waals surface area contributed by atoms with E-state index in [1.807, 2.05) is 13.8 Å². The fourth-order valence-electron chi connectivity index (χ4n) is 2.34. The molecule has 1 unspecified atom stereocenters. The van der Waals surface area contributed by atoms with E-state index in [2.05, 4.69) is 12.2 Å². The van der Waals surface area contributed by atoms with Crippen LogP contribution >= 0.6 is 0 Å². The summed E-state index contributed by atoms with van der Waals surface area (Å²) in [6.45, 7) is 6.13. The number of hydrogen-bond donors (Lipinski definition) is 1. The van der Waals surface area contributed by atoms with Crippen molar-refractivity contribution in [1.82, 2.24) is 5.32 Å². The Bertz CT molecular complexity index is 341. The molecule has 1 aliphatic carbocycles. The molecule has 1 heterocycles. The average Bonchev–Trinajstić information content (AvgIpc) is 2.62. The summed E-state index contributed by atoms with van der Waals surface area (Å²) >= 11 is 0. The van der Waals surface area contributed by atoms with E-state index in [0.717, 1.165) is 12.8 Å². The van der Waals surface area contributed by atoms with Gasteiger partial charge in [0.25, 0.3) is 0 Å². The van der Waals surface area contributed by atoms with Crippen molar-refractivity contribution in [1.29, 1.82) is 0 Å². The van der Waals surface area contributed by atoms with Crippen LogP contribution in [0, 0.1) is 5.41 Å². The first-order chi connectivity index (χ1) is 6.23. The summed E-state index contributed by atoms with van der Waals surface area (Å²) in [4.78, 5) is 0. The first-order valence-corrected chi connectivity index (χ1v) is 7.03. The number of sulfone groups is 1. The first kappa shape index (κ1) is 10.4. The molecular weight excluding hydrogens is 198 g/mol. The molecule has 0 aromatic heterocycles. The van der Waals surface area contributed by atoms with Gasteiger partial charge in [-0.2, -0.15) is 0 Å². The lowest BCUT2D eigenvalue weighted by atomic mass is 9.96. The molecule has 1 saturated carbocycles. The van der Waals surface area contributed by atoms with Gasteiger partial charge < -0.3 is 5.32 Å². The van der Waals surface area contributed by atoms with E-state index < -0.39 is 9.84 Å². The van der Waals surface area contributed by atoms with E-state index in [4.69, 9.17) is 0 Å². The minimum absolute atomic E-state index is 0.163. The van der Waals surface area contributed by atoms with Gasteiger partial charge in [0.2, 0.25) is 0 Å². The molecule has 14 heavy (non-hydrogen) atoms. The van der Waals surface area contributed by atoms with Crippen molar-refractivity contribution in [3.05, 3.63) is 0 Å². The van der Waals surface area contributed by atoms with E-state index in [1.54, 1.807) is 0 Å². The van der Waals surface area contributed by atoms with Gasteiger partial charge in [0.15, 0.2) is 9.84 Å². The van der Waals surface area contributed by atoms with Gasteiger partial charge in [-0.15, -0.1) is 0 Å². The highest BCUT2D eigenvalue weighted by Gasteiger charge is 2.50. The van der Waals surface area contributed by atoms with Gasteiger partial charge in [0.05, 0.1) is 11.5 Å². The summed E-state index contributed by atoms with van der Waals surface area (Å²) in [5.74, 6) is 0.597. The maximum absolute atomic E-state index is 11.7. The summed E-state index contributed by atoms with van der Waals surface area (Å²) in [6.07, 6.45) is 2.33. The largest absolute Gasteiger partial charge is 0.306 e. The molecule has 1 N–H and O–H groups in total. The van der Waals surface area contributed by atoms with Crippen molar-refractivity contribution >= 4 is 9.84 Å². The molecule has 0 aromatic rings. The Labute approximate surface area is 86.2 Å². The molecule has 0 bridgehead atoms. The molecule has 2 fully saturated rings. The molecule has 82 valence electrons. The third kappa shape index (κ3) is 1.96. The Morgan fingerprint density at radius 3 is 2.21 bits per heavy atom. The van der Waals surface area contributed by atoms with Gasteiger partial charge in [-0.3, -0.25) is 0 Å². The summed E-state index contributed by atoms with van der Waals surface area (Å²) in [7, 11) is -2.85. The molecule has 0 amide bonds. The van der Waals surface area contributed by atoms with Gasteiger partial charge in [-0.1, -0.05) is 6.92 Å². The molecule has 0 spiro atoms. The lowest BCUT2D eigenvalue weighted by Gasteiger charge is -2.39. The van der Waals surface area contributed by atoms with Gasteiger partial charge in [-0.05, 0) is 32.1 Å². The fraction of sp³-hybridized carbons (Fsp3) is 1.00. The zero-order chi connectivity index (χ0) is 10.6. The number of rotatable bonds is 1. The smallest absolute Gasteiger partial charge is 0.153 e. The van der Waals surface area contributed by atoms with Crippen LogP contribution in [0.2, 0.25) is 0 Å². The van der Waals surface area contributed by atoms with Crippen molar-refractivity contribution < 1.29 is 8.42 Å². The van der Waals surface area contributed by atoms with Crippen LogP contribution in [0.1, 0.15) is 33.6 Å². The van der Waals surface area contributed by atoms with Crippen LogP contribution in [0.4, 0.5) is 0 Å². The Morgan fingerprint density at radius 1 is 1.21 bits per heavy atom. The third-order valence-corrected chi connectivity index (χ3v) is 5.45. The highest BCUT2D eigenvalue weighted by molar-refractivity contribution is 7.91. The normalized spacial score (nSPS) is 37.8. The van der Waals surface area contributed by atoms with E-state index in [0.29, 0.717) is 5.75 Å². The molecule has 1 saturated heterocycles. The molecular formula is C10H19NO2S. The van der Waals surface area contributed by atoms with Crippen molar-refractivity contribution in [3.63, 3.8) is 0 Å². The van der Waals surface area contributed by atoms with Gasteiger partial charge >= 0.3 is 0 Å². The number of hydrogen-bond acceptors (Lipinski definition) is 3. The fourth-order valence-corrected chi connectivity index (χ4v) is 4.63. The highest BCUT2D eigenvalue weighted by atomic mass is 32.2. The molecule has 2 aliphatic rings. The van der Waals surface area contributed by atoms with Crippen LogP contribution in [0.15, 0.2) is 0 Å². The van der Waals surface area contributed by atoms with Gasteiger partial charge in [-0.25, -0.2) is 8.42 Å². The molecule has 0 aromatic carbocycles. The highest BCUT2D eigenvalue weighted by Crippen LogP contribution is 2.49. The topological polar surface area (TPSA) is 46.2 Å². The van der Waals surface area contributed by atoms with Crippen LogP contribution in [0.3, 0.4) is 0 Å². The van der Waals surface area contributed by atoms with E-state index in [-0.39, 0.29) is 22.7 Å². The second-order valence-electron chi connectivity index (χ2n) is 5.79. The van der Waals surface area contributed by atoms with Crippen molar-refractivity contribution in [2.45, 2.75) is 45.2 Å². The molecule has 1 aliphatic heterocycles. The van der Waals surface area contributed by atoms with Crippen LogP contribution in [0.25, 0.3) is 0 Å². The van der Waals surface area contributed by atoms with Gasteiger partial charge in [0.1, 0.15) is 0 Å². The second kappa shape index (κ2) is 2.73. The molecule has 2 rings (SSSR count). The van der Waals surface area contributed by atoms with Crippen LogP contribution in [-0.2, 0) is 9.84 Å². The van der Waals surface area contributed by atoms with Crippen molar-refractivity contribution in [3.8, 4) is 0 Å². The quantitative estimate of drug-likeness (QED) is 0.711. The van der Waals surface area contributed by atoms with Crippen LogP contribution < -0.4 is 5.32 Å². The summed E-state index contributed by atoms with van der Waals surface area (Å²) < 4.78 is 23.4. The van der Waals surface area contributed by atoms with Crippen LogP contribution in [-0.4, -0.2) is 31.5 Å². The summed E-state index contributed by atoms with van der Waals surface area (Å²) in [5.41, 5.74) is -0.0158. The van der Waals surface area contributed by atoms with Gasteiger partial charge in [0, 0.05) is 11.6 Å². The van der Waals surface area contributed by atoms with E-state index in [9.17, 15) is 8.42 Å². The monoisotopic (exact) mass is 217 g/mol. The predicted molar refractivity (Wildman–Crippen MR) is 57.0 cm³/mol. The Kier molecular flexibility index (Phi) is 2.03. The molecule has 0 radical (unpaired) electrons. The number of nitrogens with one attached hydrogen (secondary N) is 1.